The van der Waals surface area contributed by atoms with Crippen LogP contribution < -0.4 is 5.32 Å². The molecule has 0 bridgehead atoms. The number of amides is 1. The van der Waals surface area contributed by atoms with Gasteiger partial charge in [0.1, 0.15) is 36.4 Å². The van der Waals surface area contributed by atoms with E-state index in [0.717, 1.165) is 0 Å². The van der Waals surface area contributed by atoms with Crippen LogP contribution in [0.25, 0.3) is 0 Å². The summed E-state index contributed by atoms with van der Waals surface area (Å²) >= 11 is 0. The fraction of sp³-hybridized carbons (Fsp3) is 0.929. The average Bonchev–Trinajstić information content (AvgIpc) is 2.92. The molecule has 7 atom stereocenters. The highest BCUT2D eigenvalue weighted by molar-refractivity contribution is 7.17. The van der Waals surface area contributed by atoms with Crippen molar-refractivity contribution in [1.82, 2.24) is 5.32 Å². The van der Waals surface area contributed by atoms with E-state index in [4.69, 9.17) is 18.9 Å². The minimum atomic E-state index is -1.16. The van der Waals surface area contributed by atoms with Crippen LogP contribution in [-0.2, 0) is 23.7 Å². The lowest BCUT2D eigenvalue weighted by atomic mass is 10.0. The van der Waals surface area contributed by atoms with E-state index in [2.05, 4.69) is 14.6 Å². The Kier molecular flexibility index (Phi) is 6.35. The quantitative estimate of drug-likeness (QED) is 0.398. The molecule has 8 nitrogen and oxygen atoms in total. The Bertz CT molecular complexity index is 422. The average molecular weight is 351 g/mol. The summed E-state index contributed by atoms with van der Waals surface area (Å²) in [5.74, 6) is -1.20. The largest absolute Gasteiger partial charge is 0.388 e. The van der Waals surface area contributed by atoms with Crippen LogP contribution >= 0.6 is 9.24 Å². The summed E-state index contributed by atoms with van der Waals surface area (Å²) in [6, 6.07) is 0. The van der Waals surface area contributed by atoms with Crippen molar-refractivity contribution in [2.45, 2.75) is 62.9 Å². The van der Waals surface area contributed by atoms with Crippen LogP contribution in [0.1, 0.15) is 20.8 Å². The van der Waals surface area contributed by atoms with Crippen molar-refractivity contribution in [2.75, 3.05) is 19.8 Å². The number of aliphatic hydroxyl groups is 2. The predicted molar refractivity (Wildman–Crippen MR) is 83.7 cm³/mol. The topological polar surface area (TPSA) is 106 Å². The zero-order valence-corrected chi connectivity index (χ0v) is 14.8. The second kappa shape index (κ2) is 7.70. The van der Waals surface area contributed by atoms with E-state index in [0.29, 0.717) is 6.54 Å². The predicted octanol–water partition coefficient (Wildman–Crippen LogP) is -1.02. The summed E-state index contributed by atoms with van der Waals surface area (Å²) in [6.45, 7) is 5.55. The number of carbonyl (C=O) groups is 1. The highest BCUT2D eigenvalue weighted by Gasteiger charge is 2.56. The van der Waals surface area contributed by atoms with Gasteiger partial charge in [0, 0.05) is 13.5 Å². The second-order valence-corrected chi connectivity index (χ2v) is 6.90. The summed E-state index contributed by atoms with van der Waals surface area (Å²) in [4.78, 5) is 10.7. The Balaban J connectivity index is 1.80. The fourth-order valence-electron chi connectivity index (χ4n) is 2.76. The van der Waals surface area contributed by atoms with Gasteiger partial charge in [-0.1, -0.05) is 0 Å². The van der Waals surface area contributed by atoms with Gasteiger partial charge in [-0.05, 0) is 13.8 Å². The first kappa shape index (κ1) is 19.0. The van der Waals surface area contributed by atoms with E-state index in [1.54, 1.807) is 13.8 Å². The number of hydrogen-bond donors (Lipinski definition) is 3. The SMILES string of the molecule is CC(=O)NCCOC[C@@H](O)[C@@H](O)[C@H]1O[C@H](P)[C@@H]2OC(C)(C)OC21. The lowest BCUT2D eigenvalue weighted by Gasteiger charge is -2.28. The standard InChI is InChI=1S/C14H26NO7P/c1-7(16)15-4-5-19-6-8(17)9(18)10-11-12(13(23)20-10)22-14(2,3)21-11/h8-13,17-18H,4-6,23H2,1-3H3,(H,15,16)/t8-,9-,10-,11?,12-,13-/m1/s1. The molecule has 9 heteroatoms. The van der Waals surface area contributed by atoms with Crippen LogP contribution in [0.5, 0.6) is 0 Å². The van der Waals surface area contributed by atoms with E-state index in [1.807, 2.05) is 0 Å². The van der Waals surface area contributed by atoms with Gasteiger partial charge in [0.2, 0.25) is 5.91 Å². The molecule has 2 rings (SSSR count). The number of ether oxygens (including phenoxy) is 4. The Morgan fingerprint density at radius 1 is 1.35 bits per heavy atom. The van der Waals surface area contributed by atoms with Gasteiger partial charge in [0.05, 0.1) is 13.2 Å². The number of rotatable bonds is 7. The molecule has 2 unspecified atom stereocenters. The summed E-state index contributed by atoms with van der Waals surface area (Å²) in [7, 11) is 2.52. The number of nitrogens with one attached hydrogen (secondary N) is 1. The Morgan fingerprint density at radius 3 is 2.65 bits per heavy atom. The maximum Gasteiger partial charge on any atom is 0.216 e. The summed E-state index contributed by atoms with van der Waals surface area (Å²) < 4.78 is 22.4. The third-order valence-electron chi connectivity index (χ3n) is 3.77. The number of fused-ring (bicyclic) bond motifs is 1. The van der Waals surface area contributed by atoms with Crippen LogP contribution in [0, 0.1) is 0 Å². The van der Waals surface area contributed by atoms with Gasteiger partial charge in [0.15, 0.2) is 5.79 Å². The molecular formula is C14H26NO7P. The fourth-order valence-corrected chi connectivity index (χ4v) is 3.24. The van der Waals surface area contributed by atoms with Gasteiger partial charge < -0.3 is 34.5 Å². The normalized spacial score (nSPS) is 34.9. The van der Waals surface area contributed by atoms with E-state index in [-0.39, 0.29) is 31.1 Å². The number of carbonyl (C=O) groups excluding carboxylic acids is 1. The zero-order valence-electron chi connectivity index (χ0n) is 13.6. The number of aliphatic hydroxyl groups excluding tert-OH is 2. The molecule has 0 aromatic heterocycles. The maximum absolute atomic E-state index is 10.7. The summed E-state index contributed by atoms with van der Waals surface area (Å²) in [5, 5.41) is 23.0. The van der Waals surface area contributed by atoms with Crippen molar-refractivity contribution in [3.8, 4) is 0 Å². The van der Waals surface area contributed by atoms with E-state index in [1.165, 1.54) is 6.92 Å². The molecule has 3 N–H and O–H groups in total. The number of hydrogen-bond acceptors (Lipinski definition) is 7. The van der Waals surface area contributed by atoms with E-state index in [9.17, 15) is 15.0 Å². The first-order valence-corrected chi connectivity index (χ1v) is 8.33. The lowest BCUT2D eigenvalue weighted by molar-refractivity contribution is -0.196. The highest BCUT2D eigenvalue weighted by Crippen LogP contribution is 2.41. The zero-order chi connectivity index (χ0) is 17.2. The van der Waals surface area contributed by atoms with Crippen molar-refractivity contribution in [3.05, 3.63) is 0 Å². The Hall–Kier alpha value is -0.340. The molecule has 2 heterocycles. The molecule has 0 aliphatic carbocycles. The van der Waals surface area contributed by atoms with E-state index >= 15 is 0 Å². The van der Waals surface area contributed by atoms with Gasteiger partial charge >= 0.3 is 0 Å². The molecule has 134 valence electrons. The van der Waals surface area contributed by atoms with Gasteiger partial charge in [-0.2, -0.15) is 0 Å². The monoisotopic (exact) mass is 351 g/mol. The molecule has 2 aliphatic rings. The molecule has 1 amide bonds. The molecule has 0 aromatic carbocycles. The third-order valence-corrected chi connectivity index (χ3v) is 4.30. The summed E-state index contributed by atoms with van der Waals surface area (Å²) in [6.07, 6.45) is -3.73. The molecule has 0 aromatic rings. The van der Waals surface area contributed by atoms with Crippen LogP contribution in [0.2, 0.25) is 0 Å². The van der Waals surface area contributed by atoms with Gasteiger partial charge in [-0.25, -0.2) is 0 Å². The first-order valence-electron chi connectivity index (χ1n) is 7.66. The lowest BCUT2D eigenvalue weighted by Crippen LogP contribution is -2.46. The van der Waals surface area contributed by atoms with Crippen molar-refractivity contribution in [3.63, 3.8) is 0 Å². The van der Waals surface area contributed by atoms with Crippen molar-refractivity contribution in [2.24, 2.45) is 0 Å². The molecular weight excluding hydrogens is 325 g/mol. The smallest absolute Gasteiger partial charge is 0.216 e. The molecule has 2 fully saturated rings. The van der Waals surface area contributed by atoms with E-state index < -0.39 is 30.2 Å². The molecule has 0 saturated carbocycles. The third kappa shape index (κ3) is 4.82. The molecule has 2 aliphatic heterocycles. The minimum Gasteiger partial charge on any atom is -0.388 e. The van der Waals surface area contributed by atoms with Crippen LogP contribution in [-0.4, -0.2) is 78.0 Å². The minimum absolute atomic E-state index is 0.0657. The van der Waals surface area contributed by atoms with Crippen LogP contribution in [0.15, 0.2) is 0 Å². The Morgan fingerprint density at radius 2 is 2.00 bits per heavy atom. The van der Waals surface area contributed by atoms with Gasteiger partial charge in [-0.15, -0.1) is 9.24 Å². The van der Waals surface area contributed by atoms with Crippen LogP contribution in [0.4, 0.5) is 0 Å². The maximum atomic E-state index is 10.7. The van der Waals surface area contributed by atoms with Gasteiger partial charge in [0.25, 0.3) is 0 Å². The summed E-state index contributed by atoms with van der Waals surface area (Å²) in [5.41, 5.74) is 0. The van der Waals surface area contributed by atoms with Crippen LogP contribution in [0.3, 0.4) is 0 Å². The van der Waals surface area contributed by atoms with Crippen molar-refractivity contribution >= 4 is 15.1 Å². The molecule has 0 spiro atoms. The molecule has 0 radical (unpaired) electrons. The highest BCUT2D eigenvalue weighted by atomic mass is 31.0. The van der Waals surface area contributed by atoms with Gasteiger partial charge in [-0.3, -0.25) is 4.79 Å². The second-order valence-electron chi connectivity index (χ2n) is 6.25. The first-order chi connectivity index (χ1) is 10.7. The van der Waals surface area contributed by atoms with Crippen molar-refractivity contribution < 1.29 is 34.0 Å². The van der Waals surface area contributed by atoms with Crippen molar-refractivity contribution in [1.29, 1.82) is 0 Å². The Labute approximate surface area is 138 Å². The molecule has 2 saturated heterocycles. The molecule has 23 heavy (non-hydrogen) atoms.